The van der Waals surface area contributed by atoms with Crippen molar-refractivity contribution in [2.24, 2.45) is 0 Å². The molecule has 0 unspecified atom stereocenters. The Bertz CT molecular complexity index is 943. The number of carbonyl (C=O) groups is 1. The minimum Gasteiger partial charge on any atom is -0.332 e. The van der Waals surface area contributed by atoms with Crippen LogP contribution in [-0.4, -0.2) is 31.5 Å². The highest BCUT2D eigenvalue weighted by Gasteiger charge is 2.22. The number of carbonyl (C=O) groups excluding carboxylic acids is 1. The first kappa shape index (κ1) is 21.0. The van der Waals surface area contributed by atoms with E-state index < -0.39 is 9.84 Å². The summed E-state index contributed by atoms with van der Waals surface area (Å²) in [7, 11) is -3.54. The van der Waals surface area contributed by atoms with Crippen molar-refractivity contribution in [1.82, 2.24) is 4.90 Å². The van der Waals surface area contributed by atoms with Crippen LogP contribution in [0, 0.1) is 0 Å². The molecular formula is C18H18Cl3NO3S. The molecule has 26 heavy (non-hydrogen) atoms. The van der Waals surface area contributed by atoms with Crippen molar-refractivity contribution in [2.75, 3.05) is 6.26 Å². The number of benzene rings is 2. The van der Waals surface area contributed by atoms with Gasteiger partial charge in [-0.15, -0.1) is 0 Å². The molecular weight excluding hydrogens is 417 g/mol. The molecule has 0 fully saturated rings. The summed E-state index contributed by atoms with van der Waals surface area (Å²) in [6, 6.07) is 9.30. The summed E-state index contributed by atoms with van der Waals surface area (Å²) < 4.78 is 23.7. The van der Waals surface area contributed by atoms with Gasteiger partial charge >= 0.3 is 0 Å². The van der Waals surface area contributed by atoms with Gasteiger partial charge in [0.1, 0.15) is 0 Å². The highest BCUT2D eigenvalue weighted by atomic mass is 35.5. The van der Waals surface area contributed by atoms with E-state index in [2.05, 4.69) is 0 Å². The summed E-state index contributed by atoms with van der Waals surface area (Å²) in [5.41, 5.74) is 1.07. The van der Waals surface area contributed by atoms with E-state index in [4.69, 9.17) is 34.8 Å². The van der Waals surface area contributed by atoms with Gasteiger partial charge in [0, 0.05) is 24.4 Å². The summed E-state index contributed by atoms with van der Waals surface area (Å²) in [5, 5.41) is 0.934. The number of rotatable bonds is 5. The fourth-order valence-corrected chi connectivity index (χ4v) is 4.03. The normalized spacial score (nSPS) is 11.7. The summed E-state index contributed by atoms with van der Waals surface area (Å²) in [5.74, 6) is -0.298. The summed E-state index contributed by atoms with van der Waals surface area (Å²) >= 11 is 17.9. The van der Waals surface area contributed by atoms with Gasteiger partial charge < -0.3 is 4.90 Å². The molecule has 140 valence electrons. The average Bonchev–Trinajstić information content (AvgIpc) is 2.54. The first-order valence-electron chi connectivity index (χ1n) is 7.75. The van der Waals surface area contributed by atoms with Crippen LogP contribution in [-0.2, 0) is 16.4 Å². The molecule has 0 aliphatic rings. The molecule has 0 aliphatic heterocycles. The molecule has 1 amide bonds. The van der Waals surface area contributed by atoms with E-state index in [1.54, 1.807) is 23.1 Å². The van der Waals surface area contributed by atoms with Gasteiger partial charge in [-0.2, -0.15) is 0 Å². The number of amides is 1. The molecule has 0 spiro atoms. The highest BCUT2D eigenvalue weighted by molar-refractivity contribution is 7.90. The van der Waals surface area contributed by atoms with Crippen molar-refractivity contribution in [2.45, 2.75) is 31.3 Å². The summed E-state index contributed by atoms with van der Waals surface area (Å²) in [4.78, 5) is 14.5. The van der Waals surface area contributed by atoms with Crippen molar-refractivity contribution < 1.29 is 13.2 Å². The monoisotopic (exact) mass is 433 g/mol. The van der Waals surface area contributed by atoms with Crippen LogP contribution in [0.3, 0.4) is 0 Å². The lowest BCUT2D eigenvalue weighted by molar-refractivity contribution is 0.0690. The molecule has 4 nitrogen and oxygen atoms in total. The van der Waals surface area contributed by atoms with Crippen LogP contribution in [0.15, 0.2) is 41.3 Å². The molecule has 0 radical (unpaired) electrons. The van der Waals surface area contributed by atoms with Crippen LogP contribution in [0.25, 0.3) is 0 Å². The molecule has 0 saturated heterocycles. The zero-order valence-corrected chi connectivity index (χ0v) is 17.5. The smallest absolute Gasteiger partial charge is 0.254 e. The summed E-state index contributed by atoms with van der Waals surface area (Å²) in [6.45, 7) is 4.07. The number of sulfone groups is 1. The van der Waals surface area contributed by atoms with Crippen LogP contribution in [0.1, 0.15) is 29.8 Å². The molecule has 0 N–H and O–H groups in total. The third kappa shape index (κ3) is 4.92. The molecule has 0 atom stereocenters. The van der Waals surface area contributed by atoms with Crippen LogP contribution in [0.2, 0.25) is 15.1 Å². The van der Waals surface area contributed by atoms with E-state index in [9.17, 15) is 13.2 Å². The Labute approximate surface area is 168 Å². The van der Waals surface area contributed by atoms with E-state index in [1.807, 2.05) is 13.8 Å². The average molecular weight is 435 g/mol. The van der Waals surface area contributed by atoms with Crippen LogP contribution < -0.4 is 0 Å². The molecule has 2 rings (SSSR count). The Balaban J connectivity index is 2.38. The topological polar surface area (TPSA) is 54.5 Å². The van der Waals surface area contributed by atoms with Gasteiger partial charge in [-0.25, -0.2) is 8.42 Å². The Hall–Kier alpha value is -1.27. The molecule has 0 aliphatic carbocycles. The predicted molar refractivity (Wildman–Crippen MR) is 106 cm³/mol. The molecule has 2 aromatic rings. The second kappa shape index (κ2) is 8.17. The maximum Gasteiger partial charge on any atom is 0.254 e. The van der Waals surface area contributed by atoms with Crippen LogP contribution in [0.4, 0.5) is 0 Å². The molecule has 0 saturated carbocycles. The Morgan fingerprint density at radius 3 is 2.15 bits per heavy atom. The highest BCUT2D eigenvalue weighted by Crippen LogP contribution is 2.26. The van der Waals surface area contributed by atoms with Crippen LogP contribution in [0.5, 0.6) is 0 Å². The maximum atomic E-state index is 13.0. The second-order valence-corrected chi connectivity index (χ2v) is 9.40. The fraction of sp³-hybridized carbons (Fsp3) is 0.278. The second-order valence-electron chi connectivity index (χ2n) is 6.19. The Morgan fingerprint density at radius 2 is 1.62 bits per heavy atom. The standard InChI is InChI=1S/C18H18Cl3NO3S/c1-11(2)22(10-12-4-6-14(19)16(21)8-12)18(23)13-5-7-15(20)17(9-13)26(3,24)25/h4-9,11H,10H2,1-3H3. The largest absolute Gasteiger partial charge is 0.332 e. The van der Waals surface area contributed by atoms with E-state index >= 15 is 0 Å². The molecule has 2 aromatic carbocycles. The number of hydrogen-bond donors (Lipinski definition) is 0. The predicted octanol–water partition coefficient (Wildman–Crippen LogP) is 5.10. The van der Waals surface area contributed by atoms with Gasteiger partial charge in [0.15, 0.2) is 9.84 Å². The van der Waals surface area contributed by atoms with Crippen LogP contribution >= 0.6 is 34.8 Å². The van der Waals surface area contributed by atoms with E-state index in [-0.39, 0.29) is 27.4 Å². The third-order valence-electron chi connectivity index (χ3n) is 3.80. The molecule has 0 aromatic heterocycles. The summed E-state index contributed by atoms with van der Waals surface area (Å²) in [6.07, 6.45) is 1.05. The fourth-order valence-electron chi connectivity index (χ4n) is 2.41. The van der Waals surface area contributed by atoms with Gasteiger partial charge in [-0.1, -0.05) is 40.9 Å². The zero-order valence-electron chi connectivity index (χ0n) is 14.5. The number of nitrogens with zero attached hydrogens (tertiary/aromatic N) is 1. The Kier molecular flexibility index (Phi) is 6.61. The Morgan fingerprint density at radius 1 is 1.00 bits per heavy atom. The maximum absolute atomic E-state index is 13.0. The quantitative estimate of drug-likeness (QED) is 0.658. The van der Waals surface area contributed by atoms with Crippen molar-refractivity contribution >= 4 is 50.5 Å². The minimum absolute atomic E-state index is 0.0664. The molecule has 8 heteroatoms. The van der Waals surface area contributed by atoms with Crippen molar-refractivity contribution in [1.29, 1.82) is 0 Å². The lowest BCUT2D eigenvalue weighted by atomic mass is 10.1. The van der Waals surface area contributed by atoms with E-state index in [1.165, 1.54) is 18.2 Å². The molecule has 0 heterocycles. The van der Waals surface area contributed by atoms with Crippen molar-refractivity contribution in [3.63, 3.8) is 0 Å². The lowest BCUT2D eigenvalue weighted by Gasteiger charge is -2.27. The SMILES string of the molecule is CC(C)N(Cc1ccc(Cl)c(Cl)c1)C(=O)c1ccc(Cl)c(S(C)(=O)=O)c1. The van der Waals surface area contributed by atoms with Gasteiger partial charge in [0.2, 0.25) is 0 Å². The van der Waals surface area contributed by atoms with E-state index in [0.29, 0.717) is 16.6 Å². The first-order chi connectivity index (χ1) is 12.0. The van der Waals surface area contributed by atoms with Gasteiger partial charge in [-0.3, -0.25) is 4.79 Å². The van der Waals surface area contributed by atoms with Gasteiger partial charge in [-0.05, 0) is 49.7 Å². The number of hydrogen-bond acceptors (Lipinski definition) is 3. The van der Waals surface area contributed by atoms with Crippen molar-refractivity contribution in [3.8, 4) is 0 Å². The minimum atomic E-state index is -3.54. The lowest BCUT2D eigenvalue weighted by Crippen LogP contribution is -2.36. The molecule has 0 bridgehead atoms. The first-order valence-corrected chi connectivity index (χ1v) is 10.8. The third-order valence-corrected chi connectivity index (χ3v) is 6.12. The number of halogens is 3. The van der Waals surface area contributed by atoms with Crippen molar-refractivity contribution in [3.05, 3.63) is 62.6 Å². The zero-order chi connectivity index (χ0) is 19.6. The van der Waals surface area contributed by atoms with Gasteiger partial charge in [0.25, 0.3) is 5.91 Å². The van der Waals surface area contributed by atoms with E-state index in [0.717, 1.165) is 11.8 Å². The van der Waals surface area contributed by atoms with Gasteiger partial charge in [0.05, 0.1) is 20.0 Å².